The van der Waals surface area contributed by atoms with Gasteiger partial charge in [0.25, 0.3) is 0 Å². The fourth-order valence-electron chi connectivity index (χ4n) is 0.731. The molecular formula is C6H9BrFN3. The van der Waals surface area contributed by atoms with Gasteiger partial charge in [-0.3, -0.25) is 9.07 Å². The molecule has 5 heteroatoms. The third-order valence-corrected chi connectivity index (χ3v) is 1.82. The molecule has 0 spiro atoms. The Bertz CT molecular complexity index is 213. The molecule has 0 saturated carbocycles. The van der Waals surface area contributed by atoms with Crippen molar-refractivity contribution < 1.29 is 4.39 Å². The maximum Gasteiger partial charge on any atom is 0.0932 e. The quantitative estimate of drug-likeness (QED) is 0.723. The topological polar surface area (TPSA) is 30.7 Å². The van der Waals surface area contributed by atoms with E-state index in [1.807, 2.05) is 6.20 Å². The van der Waals surface area contributed by atoms with E-state index in [0.29, 0.717) is 18.3 Å². The first-order chi connectivity index (χ1) is 5.36. The summed E-state index contributed by atoms with van der Waals surface area (Å²) >= 11 is 3.25. The molecule has 0 aromatic carbocycles. The van der Waals surface area contributed by atoms with Gasteiger partial charge < -0.3 is 0 Å². The second kappa shape index (κ2) is 4.43. The Kier molecular flexibility index (Phi) is 3.48. The summed E-state index contributed by atoms with van der Waals surface area (Å²) in [5, 5.41) is 8.32. The Morgan fingerprint density at radius 1 is 1.64 bits per heavy atom. The zero-order valence-electron chi connectivity index (χ0n) is 6.00. The lowest BCUT2D eigenvalue weighted by Gasteiger charge is -1.93. The van der Waals surface area contributed by atoms with Crippen LogP contribution in [-0.2, 0) is 11.9 Å². The summed E-state index contributed by atoms with van der Waals surface area (Å²) in [6.45, 7) is 0.306. The summed E-state index contributed by atoms with van der Waals surface area (Å²) in [7, 11) is 0. The molecule has 11 heavy (non-hydrogen) atoms. The minimum atomic E-state index is -0.302. The van der Waals surface area contributed by atoms with E-state index in [2.05, 4.69) is 26.2 Å². The highest BCUT2D eigenvalue weighted by Crippen LogP contribution is 1.99. The maximum absolute atomic E-state index is 11.7. The highest BCUT2D eigenvalue weighted by molar-refractivity contribution is 9.08. The van der Waals surface area contributed by atoms with E-state index in [1.54, 1.807) is 4.68 Å². The van der Waals surface area contributed by atoms with Crippen LogP contribution in [-0.4, -0.2) is 21.7 Å². The lowest BCUT2D eigenvalue weighted by molar-refractivity contribution is 0.431. The van der Waals surface area contributed by atoms with Crippen LogP contribution in [0.25, 0.3) is 0 Å². The number of rotatable bonds is 4. The van der Waals surface area contributed by atoms with E-state index in [9.17, 15) is 4.39 Å². The van der Waals surface area contributed by atoms with E-state index >= 15 is 0 Å². The van der Waals surface area contributed by atoms with Crippen LogP contribution in [0.5, 0.6) is 0 Å². The van der Waals surface area contributed by atoms with Crippen molar-refractivity contribution in [2.45, 2.75) is 18.3 Å². The van der Waals surface area contributed by atoms with Gasteiger partial charge in [0.15, 0.2) is 0 Å². The molecule has 0 fully saturated rings. The summed E-state index contributed by atoms with van der Waals surface area (Å²) in [5.41, 5.74) is 0.879. The Morgan fingerprint density at radius 3 is 3.00 bits per heavy atom. The molecule has 3 nitrogen and oxygen atoms in total. The van der Waals surface area contributed by atoms with E-state index in [-0.39, 0.29) is 6.67 Å². The minimum Gasteiger partial charge on any atom is -0.252 e. The van der Waals surface area contributed by atoms with E-state index < -0.39 is 0 Å². The number of aryl methyl sites for hydroxylation is 1. The van der Waals surface area contributed by atoms with Crippen LogP contribution in [0.1, 0.15) is 12.1 Å². The Labute approximate surface area is 72.7 Å². The summed E-state index contributed by atoms with van der Waals surface area (Å²) < 4.78 is 13.3. The smallest absolute Gasteiger partial charge is 0.0932 e. The monoisotopic (exact) mass is 221 g/mol. The predicted octanol–water partition coefficient (Wildman–Crippen LogP) is 1.53. The van der Waals surface area contributed by atoms with Crippen LogP contribution in [0.2, 0.25) is 0 Å². The molecule has 0 aliphatic rings. The fraction of sp³-hybridized carbons (Fsp3) is 0.667. The first-order valence-corrected chi connectivity index (χ1v) is 4.50. The van der Waals surface area contributed by atoms with Crippen LogP contribution >= 0.6 is 15.9 Å². The molecule has 0 aliphatic carbocycles. The number of hydrogen-bond donors (Lipinski definition) is 0. The third kappa shape index (κ3) is 2.57. The first kappa shape index (κ1) is 8.64. The molecule has 0 atom stereocenters. The highest BCUT2D eigenvalue weighted by Gasteiger charge is 1.97. The van der Waals surface area contributed by atoms with Crippen LogP contribution < -0.4 is 0 Å². The molecule has 0 bridgehead atoms. The van der Waals surface area contributed by atoms with Gasteiger partial charge in [-0.2, -0.15) is 0 Å². The summed E-state index contributed by atoms with van der Waals surface area (Å²) in [6, 6.07) is 0. The van der Waals surface area contributed by atoms with Crippen molar-refractivity contribution in [3.63, 3.8) is 0 Å². The molecule has 0 amide bonds. The molecule has 1 aromatic rings. The van der Waals surface area contributed by atoms with Crippen molar-refractivity contribution in [2.75, 3.05) is 6.67 Å². The largest absolute Gasteiger partial charge is 0.252 e. The highest BCUT2D eigenvalue weighted by atomic mass is 79.9. The second-order valence-electron chi connectivity index (χ2n) is 2.15. The van der Waals surface area contributed by atoms with Crippen molar-refractivity contribution in [1.29, 1.82) is 0 Å². The van der Waals surface area contributed by atoms with Gasteiger partial charge in [-0.25, -0.2) is 0 Å². The van der Waals surface area contributed by atoms with Gasteiger partial charge in [0.1, 0.15) is 0 Å². The van der Waals surface area contributed by atoms with Crippen molar-refractivity contribution in [2.24, 2.45) is 0 Å². The average molecular weight is 222 g/mol. The molecule has 1 heterocycles. The SMILES string of the molecule is FCCCn1cc(CBr)nn1. The average Bonchev–Trinajstić information content (AvgIpc) is 2.48. The molecule has 1 aromatic heterocycles. The van der Waals surface area contributed by atoms with Crippen molar-refractivity contribution in [1.82, 2.24) is 15.0 Å². The van der Waals surface area contributed by atoms with E-state index in [1.165, 1.54) is 0 Å². The number of nitrogens with zero attached hydrogens (tertiary/aromatic N) is 3. The normalized spacial score (nSPS) is 10.4. The maximum atomic E-state index is 11.7. The van der Waals surface area contributed by atoms with E-state index in [4.69, 9.17) is 0 Å². The van der Waals surface area contributed by atoms with Crippen molar-refractivity contribution >= 4 is 15.9 Å². The second-order valence-corrected chi connectivity index (χ2v) is 2.71. The zero-order chi connectivity index (χ0) is 8.10. The molecular weight excluding hydrogens is 213 g/mol. The van der Waals surface area contributed by atoms with Crippen LogP contribution in [0, 0.1) is 0 Å². The minimum absolute atomic E-state index is 0.302. The van der Waals surface area contributed by atoms with Crippen LogP contribution in [0.4, 0.5) is 4.39 Å². The van der Waals surface area contributed by atoms with Crippen LogP contribution in [0.15, 0.2) is 6.20 Å². The predicted molar refractivity (Wildman–Crippen MR) is 43.2 cm³/mol. The van der Waals surface area contributed by atoms with Crippen molar-refractivity contribution in [3.8, 4) is 0 Å². The fourth-order valence-corrected chi connectivity index (χ4v) is 0.988. The van der Waals surface area contributed by atoms with E-state index in [0.717, 1.165) is 5.69 Å². The molecule has 1 rings (SSSR count). The summed E-state index contributed by atoms with van der Waals surface area (Å²) in [6.07, 6.45) is 2.31. The van der Waals surface area contributed by atoms with Gasteiger partial charge in [0, 0.05) is 18.1 Å². The Balaban J connectivity index is 2.44. The number of hydrogen-bond acceptors (Lipinski definition) is 2. The van der Waals surface area contributed by atoms with Gasteiger partial charge >= 0.3 is 0 Å². The number of halogens is 2. The molecule has 0 radical (unpaired) electrons. The Hall–Kier alpha value is -0.450. The number of alkyl halides is 2. The third-order valence-electron chi connectivity index (χ3n) is 1.24. The zero-order valence-corrected chi connectivity index (χ0v) is 7.59. The van der Waals surface area contributed by atoms with Gasteiger partial charge in [0.05, 0.1) is 12.4 Å². The molecule has 62 valence electrons. The van der Waals surface area contributed by atoms with Gasteiger partial charge in [-0.1, -0.05) is 21.1 Å². The Morgan fingerprint density at radius 2 is 2.45 bits per heavy atom. The summed E-state index contributed by atoms with van der Waals surface area (Å²) in [5.74, 6) is 0. The van der Waals surface area contributed by atoms with Gasteiger partial charge in [0.2, 0.25) is 0 Å². The molecule has 0 unspecified atom stereocenters. The molecule has 0 aliphatic heterocycles. The molecule has 0 saturated heterocycles. The van der Waals surface area contributed by atoms with Crippen molar-refractivity contribution in [3.05, 3.63) is 11.9 Å². The summed E-state index contributed by atoms with van der Waals surface area (Å²) in [4.78, 5) is 0. The lowest BCUT2D eigenvalue weighted by atomic mass is 10.5. The standard InChI is InChI=1S/C6H9BrFN3/c7-4-6-5-11(10-9-6)3-1-2-8/h5H,1-4H2. The number of aromatic nitrogens is 3. The first-order valence-electron chi connectivity index (χ1n) is 3.37. The van der Waals surface area contributed by atoms with Gasteiger partial charge in [-0.15, -0.1) is 5.10 Å². The van der Waals surface area contributed by atoms with Gasteiger partial charge in [-0.05, 0) is 6.42 Å². The molecule has 0 N–H and O–H groups in total. The lowest BCUT2D eigenvalue weighted by Crippen LogP contribution is -1.99. The van der Waals surface area contributed by atoms with Crippen LogP contribution in [0.3, 0.4) is 0 Å².